The molecule has 1 rings (SSSR count). The van der Waals surface area contributed by atoms with Gasteiger partial charge in [0.1, 0.15) is 5.75 Å². The van der Waals surface area contributed by atoms with E-state index in [4.69, 9.17) is 5.73 Å². The minimum Gasteiger partial charge on any atom is -0.406 e. The van der Waals surface area contributed by atoms with Gasteiger partial charge in [-0.25, -0.2) is 0 Å². The van der Waals surface area contributed by atoms with Crippen LogP contribution in [-0.4, -0.2) is 18.9 Å². The summed E-state index contributed by atoms with van der Waals surface area (Å²) < 4.78 is 39.8. The molecule has 0 saturated heterocycles. The highest BCUT2D eigenvalue weighted by atomic mass is 127. The maximum absolute atomic E-state index is 12.0. The summed E-state index contributed by atoms with van der Waals surface area (Å²) in [6.07, 6.45) is -0.285. The third kappa shape index (κ3) is 9.69. The molecule has 0 fully saturated rings. The van der Waals surface area contributed by atoms with Crippen LogP contribution in [0.25, 0.3) is 0 Å². The van der Waals surface area contributed by atoms with Gasteiger partial charge in [0.05, 0.1) is 0 Å². The van der Waals surface area contributed by atoms with Crippen LogP contribution in [0.2, 0.25) is 0 Å². The number of anilines is 1. The molecule has 126 valence electrons. The lowest BCUT2D eigenvalue weighted by atomic mass is 10.2. The Balaban J connectivity index is 0.00000441. The zero-order valence-electron chi connectivity index (χ0n) is 12.3. The predicted octanol–water partition coefficient (Wildman–Crippen LogP) is 4.51. The summed E-state index contributed by atoms with van der Waals surface area (Å²) in [5.41, 5.74) is 6.24. The van der Waals surface area contributed by atoms with Crippen molar-refractivity contribution in [2.24, 2.45) is 10.7 Å². The Morgan fingerprint density at radius 3 is 2.36 bits per heavy atom. The standard InChI is InChI=1S/C14H20F3N3O.HI/c1-2-3-4-5-10-19-13(18)20-11-6-8-12(9-7-11)21-14(15,16)17;/h6-9H,2-5,10H2,1H3,(H3,18,19,20);1H. The SMILES string of the molecule is CCCCCCN=C(N)Nc1ccc(OC(F)(F)F)cc1.I. The number of unbranched alkanes of at least 4 members (excludes halogenated alkanes) is 3. The van der Waals surface area contributed by atoms with E-state index < -0.39 is 6.36 Å². The molecular formula is C14H21F3IN3O. The molecule has 0 aliphatic heterocycles. The van der Waals surface area contributed by atoms with Crippen molar-refractivity contribution in [3.63, 3.8) is 0 Å². The highest BCUT2D eigenvalue weighted by Gasteiger charge is 2.30. The van der Waals surface area contributed by atoms with Crippen LogP contribution in [-0.2, 0) is 0 Å². The molecular weight excluding hydrogens is 410 g/mol. The molecule has 8 heteroatoms. The average molecular weight is 431 g/mol. The number of guanidine groups is 1. The fraction of sp³-hybridized carbons (Fsp3) is 0.500. The zero-order valence-corrected chi connectivity index (χ0v) is 14.7. The van der Waals surface area contributed by atoms with Gasteiger partial charge in [0.2, 0.25) is 0 Å². The first kappa shape index (κ1) is 20.8. The molecule has 4 nitrogen and oxygen atoms in total. The van der Waals surface area contributed by atoms with Crippen LogP contribution in [0.1, 0.15) is 32.6 Å². The van der Waals surface area contributed by atoms with Crippen LogP contribution >= 0.6 is 24.0 Å². The van der Waals surface area contributed by atoms with E-state index in [0.717, 1.165) is 19.3 Å². The van der Waals surface area contributed by atoms with Gasteiger partial charge in [-0.3, -0.25) is 4.99 Å². The molecule has 0 aliphatic rings. The predicted molar refractivity (Wildman–Crippen MR) is 92.8 cm³/mol. The number of nitrogens with one attached hydrogen (secondary N) is 1. The maximum Gasteiger partial charge on any atom is 0.573 e. The van der Waals surface area contributed by atoms with Gasteiger partial charge in [0.15, 0.2) is 5.96 Å². The lowest BCUT2D eigenvalue weighted by Crippen LogP contribution is -2.23. The summed E-state index contributed by atoms with van der Waals surface area (Å²) in [5, 5.41) is 2.81. The third-order valence-corrected chi connectivity index (χ3v) is 2.65. The topological polar surface area (TPSA) is 59.6 Å². The quantitative estimate of drug-likeness (QED) is 0.289. The number of halogens is 4. The van der Waals surface area contributed by atoms with Gasteiger partial charge >= 0.3 is 6.36 Å². The molecule has 0 radical (unpaired) electrons. The first-order valence-electron chi connectivity index (χ1n) is 6.83. The average Bonchev–Trinajstić information content (AvgIpc) is 2.39. The van der Waals surface area contributed by atoms with Gasteiger partial charge in [0.25, 0.3) is 0 Å². The first-order valence-corrected chi connectivity index (χ1v) is 6.83. The van der Waals surface area contributed by atoms with Crippen LogP contribution in [0.4, 0.5) is 18.9 Å². The molecule has 22 heavy (non-hydrogen) atoms. The summed E-state index contributed by atoms with van der Waals surface area (Å²) in [6, 6.07) is 5.32. The maximum atomic E-state index is 12.0. The number of alkyl halides is 3. The smallest absolute Gasteiger partial charge is 0.406 e. The lowest BCUT2D eigenvalue weighted by molar-refractivity contribution is -0.274. The fourth-order valence-electron chi connectivity index (χ4n) is 1.67. The summed E-state index contributed by atoms with van der Waals surface area (Å²) in [6.45, 7) is 2.76. The summed E-state index contributed by atoms with van der Waals surface area (Å²) >= 11 is 0. The minimum atomic E-state index is -4.69. The van der Waals surface area contributed by atoms with Crippen molar-refractivity contribution < 1.29 is 17.9 Å². The largest absolute Gasteiger partial charge is 0.573 e. The molecule has 0 aliphatic carbocycles. The van der Waals surface area contributed by atoms with Gasteiger partial charge < -0.3 is 15.8 Å². The van der Waals surface area contributed by atoms with E-state index >= 15 is 0 Å². The van der Waals surface area contributed by atoms with E-state index in [-0.39, 0.29) is 35.7 Å². The highest BCUT2D eigenvalue weighted by Crippen LogP contribution is 2.23. The molecule has 0 saturated carbocycles. The summed E-state index contributed by atoms with van der Waals surface area (Å²) in [5.74, 6) is -0.0286. The molecule has 0 spiro atoms. The Hall–Kier alpha value is -1.19. The normalized spacial score (nSPS) is 11.7. The van der Waals surface area contributed by atoms with E-state index in [1.165, 1.54) is 30.7 Å². The Labute approximate surface area is 145 Å². The number of nitrogens with zero attached hydrogens (tertiary/aromatic N) is 1. The van der Waals surface area contributed by atoms with Crippen LogP contribution in [0.5, 0.6) is 5.75 Å². The van der Waals surface area contributed by atoms with E-state index in [0.29, 0.717) is 12.2 Å². The van der Waals surface area contributed by atoms with Gasteiger partial charge in [-0.05, 0) is 30.7 Å². The van der Waals surface area contributed by atoms with Gasteiger partial charge in [-0.15, -0.1) is 37.1 Å². The van der Waals surface area contributed by atoms with E-state index in [1.807, 2.05) is 0 Å². The van der Waals surface area contributed by atoms with E-state index in [2.05, 4.69) is 22.0 Å². The number of benzene rings is 1. The molecule has 3 N–H and O–H groups in total. The number of hydrogen-bond acceptors (Lipinski definition) is 2. The van der Waals surface area contributed by atoms with Gasteiger partial charge in [-0.2, -0.15) is 0 Å². The van der Waals surface area contributed by atoms with Crippen molar-refractivity contribution >= 4 is 35.6 Å². The number of nitrogens with two attached hydrogens (primary N) is 1. The van der Waals surface area contributed by atoms with Gasteiger partial charge in [-0.1, -0.05) is 26.2 Å². The molecule has 0 atom stereocenters. The van der Waals surface area contributed by atoms with Crippen molar-refractivity contribution in [3.8, 4) is 5.75 Å². The Kier molecular flexibility index (Phi) is 9.95. The van der Waals surface area contributed by atoms with Crippen molar-refractivity contribution in [1.29, 1.82) is 0 Å². The van der Waals surface area contributed by atoms with E-state index in [1.54, 1.807) is 0 Å². The molecule has 0 bridgehead atoms. The number of aliphatic imine (C=N–C) groups is 1. The number of rotatable bonds is 7. The summed E-state index contributed by atoms with van der Waals surface area (Å²) in [4.78, 5) is 4.15. The Bertz CT molecular complexity index is 450. The second-order valence-corrected chi connectivity index (χ2v) is 4.52. The molecule has 0 unspecified atom stereocenters. The second-order valence-electron chi connectivity index (χ2n) is 4.52. The Morgan fingerprint density at radius 1 is 1.18 bits per heavy atom. The second kappa shape index (κ2) is 10.5. The fourth-order valence-corrected chi connectivity index (χ4v) is 1.67. The van der Waals surface area contributed by atoms with Crippen LogP contribution < -0.4 is 15.8 Å². The lowest BCUT2D eigenvalue weighted by Gasteiger charge is -2.10. The number of hydrogen-bond donors (Lipinski definition) is 2. The minimum absolute atomic E-state index is 0. The van der Waals surface area contributed by atoms with Crippen molar-refractivity contribution in [2.45, 2.75) is 39.0 Å². The monoisotopic (exact) mass is 431 g/mol. The molecule has 1 aromatic carbocycles. The third-order valence-electron chi connectivity index (χ3n) is 2.65. The van der Waals surface area contributed by atoms with Crippen LogP contribution in [0.15, 0.2) is 29.3 Å². The molecule has 0 amide bonds. The van der Waals surface area contributed by atoms with Crippen molar-refractivity contribution in [2.75, 3.05) is 11.9 Å². The van der Waals surface area contributed by atoms with E-state index in [9.17, 15) is 13.2 Å². The molecule has 0 heterocycles. The summed E-state index contributed by atoms with van der Waals surface area (Å²) in [7, 11) is 0. The highest BCUT2D eigenvalue weighted by molar-refractivity contribution is 14.0. The number of ether oxygens (including phenoxy) is 1. The first-order chi connectivity index (χ1) is 9.90. The van der Waals surface area contributed by atoms with Crippen LogP contribution in [0, 0.1) is 0 Å². The zero-order chi connectivity index (χ0) is 15.7. The van der Waals surface area contributed by atoms with Crippen LogP contribution in [0.3, 0.4) is 0 Å². The van der Waals surface area contributed by atoms with Crippen molar-refractivity contribution in [3.05, 3.63) is 24.3 Å². The molecule has 1 aromatic rings. The van der Waals surface area contributed by atoms with Crippen molar-refractivity contribution in [1.82, 2.24) is 0 Å². The molecule has 0 aromatic heterocycles. The van der Waals surface area contributed by atoms with Gasteiger partial charge in [0, 0.05) is 12.2 Å². The Morgan fingerprint density at radius 2 is 1.82 bits per heavy atom.